The number of carbonyl (C=O) groups excluding carboxylic acids is 1. The summed E-state index contributed by atoms with van der Waals surface area (Å²) in [7, 11) is 1.50. The molecule has 0 aromatic heterocycles. The van der Waals surface area contributed by atoms with Gasteiger partial charge in [0.1, 0.15) is 5.75 Å². The van der Waals surface area contributed by atoms with Crippen LogP contribution in [0.1, 0.15) is 15.9 Å². The summed E-state index contributed by atoms with van der Waals surface area (Å²) in [5.74, 6) is -0.559. The highest BCUT2D eigenvalue weighted by atomic mass is 35.5. The highest BCUT2D eigenvalue weighted by molar-refractivity contribution is 6.31. The molecule has 0 bridgehead atoms. The van der Waals surface area contributed by atoms with E-state index in [1.165, 1.54) is 25.3 Å². The molecule has 0 aliphatic rings. The molecule has 0 fully saturated rings. The second kappa shape index (κ2) is 6.25. The topological polar surface area (TPSA) is 26.3 Å². The normalized spacial score (nSPS) is 10.4. The van der Waals surface area contributed by atoms with Gasteiger partial charge in [0.2, 0.25) is 0 Å². The lowest BCUT2D eigenvalue weighted by molar-refractivity contribution is 0.0988. The molecule has 0 saturated carbocycles. The Bertz CT molecular complexity index is 656. The molecule has 0 amide bonds. The summed E-state index contributed by atoms with van der Waals surface area (Å²) >= 11 is 11.6. The number of methoxy groups -OCH3 is 1. The molecule has 0 heterocycles. The number of ether oxygens (including phenoxy) is 1. The Balaban J connectivity index is 2.32. The van der Waals surface area contributed by atoms with E-state index < -0.39 is 5.82 Å². The monoisotopic (exact) mass is 312 g/mol. The summed E-state index contributed by atoms with van der Waals surface area (Å²) in [5.41, 5.74) is 0.559. The van der Waals surface area contributed by atoms with Crippen LogP contribution < -0.4 is 4.74 Å². The molecule has 2 rings (SSSR count). The number of Topliss-reactive ketones (excluding diaryl/α,β-unsaturated/α-hetero) is 1. The maximum atomic E-state index is 13.8. The predicted octanol–water partition coefficient (Wildman–Crippen LogP) is 4.57. The summed E-state index contributed by atoms with van der Waals surface area (Å²) in [5, 5.41) is 0.411. The molecule has 0 unspecified atom stereocenters. The smallest absolute Gasteiger partial charge is 0.170 e. The first-order valence-electron chi connectivity index (χ1n) is 5.82. The van der Waals surface area contributed by atoms with E-state index in [2.05, 4.69) is 0 Å². The lowest BCUT2D eigenvalue weighted by Gasteiger charge is -2.09. The van der Waals surface area contributed by atoms with Crippen LogP contribution in [0.15, 0.2) is 36.4 Å². The molecular weight excluding hydrogens is 302 g/mol. The average Bonchev–Trinajstić information content (AvgIpc) is 2.42. The maximum absolute atomic E-state index is 13.8. The molecule has 2 aromatic carbocycles. The Morgan fingerprint density at radius 3 is 2.70 bits per heavy atom. The largest absolute Gasteiger partial charge is 0.496 e. The van der Waals surface area contributed by atoms with E-state index in [1.807, 2.05) is 0 Å². The van der Waals surface area contributed by atoms with Gasteiger partial charge in [-0.15, -0.1) is 0 Å². The van der Waals surface area contributed by atoms with Crippen LogP contribution in [0.3, 0.4) is 0 Å². The van der Waals surface area contributed by atoms with Crippen molar-refractivity contribution >= 4 is 29.0 Å². The summed E-state index contributed by atoms with van der Waals surface area (Å²) in [4.78, 5) is 12.2. The van der Waals surface area contributed by atoms with Crippen LogP contribution in [0.4, 0.5) is 4.39 Å². The van der Waals surface area contributed by atoms with Gasteiger partial charge < -0.3 is 4.74 Å². The summed E-state index contributed by atoms with van der Waals surface area (Å²) in [6.07, 6.45) is -0.0129. The first-order chi connectivity index (χ1) is 9.52. The highest BCUT2D eigenvalue weighted by Gasteiger charge is 2.16. The number of ketones is 1. The van der Waals surface area contributed by atoms with Gasteiger partial charge in [0.15, 0.2) is 11.6 Å². The zero-order chi connectivity index (χ0) is 14.7. The lowest BCUT2D eigenvalue weighted by atomic mass is 10.0. The average molecular weight is 313 g/mol. The SMILES string of the molecule is COc1ccc(Cl)cc1CC(=O)c1cccc(Cl)c1F. The van der Waals surface area contributed by atoms with Crippen molar-refractivity contribution in [3.05, 3.63) is 63.4 Å². The van der Waals surface area contributed by atoms with Crippen LogP contribution in [-0.2, 0) is 6.42 Å². The van der Waals surface area contributed by atoms with Crippen LogP contribution in [0.25, 0.3) is 0 Å². The number of carbonyl (C=O) groups is 1. The van der Waals surface area contributed by atoms with E-state index in [-0.39, 0.29) is 22.8 Å². The number of benzene rings is 2. The van der Waals surface area contributed by atoms with Crippen molar-refractivity contribution in [1.29, 1.82) is 0 Å². The third-order valence-electron chi connectivity index (χ3n) is 2.85. The van der Waals surface area contributed by atoms with Gasteiger partial charge in [0.05, 0.1) is 17.7 Å². The molecule has 0 atom stereocenters. The molecule has 0 radical (unpaired) electrons. The van der Waals surface area contributed by atoms with E-state index >= 15 is 0 Å². The third-order valence-corrected chi connectivity index (χ3v) is 3.37. The van der Waals surface area contributed by atoms with E-state index in [0.29, 0.717) is 16.3 Å². The van der Waals surface area contributed by atoms with E-state index in [1.54, 1.807) is 18.2 Å². The fraction of sp³-hybridized carbons (Fsp3) is 0.133. The minimum atomic E-state index is -0.708. The quantitative estimate of drug-likeness (QED) is 0.773. The van der Waals surface area contributed by atoms with Crippen LogP contribution in [0.5, 0.6) is 5.75 Å². The molecule has 0 spiro atoms. The van der Waals surface area contributed by atoms with Gasteiger partial charge in [-0.2, -0.15) is 0 Å². The second-order valence-electron chi connectivity index (χ2n) is 4.16. The summed E-state index contributed by atoms with van der Waals surface area (Å²) in [6.45, 7) is 0. The Morgan fingerprint density at radius 2 is 2.00 bits per heavy atom. The zero-order valence-electron chi connectivity index (χ0n) is 10.6. The molecule has 0 aliphatic carbocycles. The molecular formula is C15H11Cl2FO2. The fourth-order valence-electron chi connectivity index (χ4n) is 1.87. The van der Waals surface area contributed by atoms with Crippen molar-refractivity contribution in [2.45, 2.75) is 6.42 Å². The van der Waals surface area contributed by atoms with Gasteiger partial charge >= 0.3 is 0 Å². The third kappa shape index (κ3) is 3.11. The van der Waals surface area contributed by atoms with Gasteiger partial charge in [0.25, 0.3) is 0 Å². The van der Waals surface area contributed by atoms with E-state index in [9.17, 15) is 9.18 Å². The fourth-order valence-corrected chi connectivity index (χ4v) is 2.24. The minimum Gasteiger partial charge on any atom is -0.496 e. The van der Waals surface area contributed by atoms with Crippen molar-refractivity contribution in [2.75, 3.05) is 7.11 Å². The molecule has 5 heteroatoms. The van der Waals surface area contributed by atoms with Gasteiger partial charge in [-0.05, 0) is 30.3 Å². The molecule has 2 nitrogen and oxygen atoms in total. The Morgan fingerprint density at radius 1 is 1.25 bits per heavy atom. The Hall–Kier alpha value is -1.58. The molecule has 2 aromatic rings. The Labute approximate surface area is 126 Å². The van der Waals surface area contributed by atoms with Crippen molar-refractivity contribution in [3.63, 3.8) is 0 Å². The molecule has 20 heavy (non-hydrogen) atoms. The van der Waals surface area contributed by atoms with Crippen LogP contribution in [0, 0.1) is 5.82 Å². The lowest BCUT2D eigenvalue weighted by Crippen LogP contribution is -2.07. The van der Waals surface area contributed by atoms with Crippen LogP contribution in [-0.4, -0.2) is 12.9 Å². The van der Waals surface area contributed by atoms with Gasteiger partial charge in [-0.1, -0.05) is 29.3 Å². The first-order valence-corrected chi connectivity index (χ1v) is 6.58. The Kier molecular flexibility index (Phi) is 4.63. The predicted molar refractivity (Wildman–Crippen MR) is 77.4 cm³/mol. The minimum absolute atomic E-state index is 0.0129. The number of hydrogen-bond acceptors (Lipinski definition) is 2. The molecule has 0 aliphatic heterocycles. The van der Waals surface area contributed by atoms with Crippen molar-refractivity contribution in [1.82, 2.24) is 0 Å². The van der Waals surface area contributed by atoms with Crippen molar-refractivity contribution in [3.8, 4) is 5.75 Å². The zero-order valence-corrected chi connectivity index (χ0v) is 12.1. The van der Waals surface area contributed by atoms with Crippen molar-refractivity contribution in [2.24, 2.45) is 0 Å². The first kappa shape index (κ1) is 14.8. The molecule has 104 valence electrons. The second-order valence-corrected chi connectivity index (χ2v) is 5.00. The van der Waals surface area contributed by atoms with E-state index in [4.69, 9.17) is 27.9 Å². The van der Waals surface area contributed by atoms with Gasteiger partial charge in [0, 0.05) is 17.0 Å². The number of halogens is 3. The van der Waals surface area contributed by atoms with Crippen molar-refractivity contribution < 1.29 is 13.9 Å². The van der Waals surface area contributed by atoms with Gasteiger partial charge in [-0.3, -0.25) is 4.79 Å². The maximum Gasteiger partial charge on any atom is 0.170 e. The summed E-state index contributed by atoms with van der Waals surface area (Å²) in [6, 6.07) is 9.29. The van der Waals surface area contributed by atoms with E-state index in [0.717, 1.165) is 0 Å². The molecule has 0 saturated heterocycles. The standard InChI is InChI=1S/C15H11Cl2FO2/c1-20-14-6-5-10(16)7-9(14)8-13(19)11-3-2-4-12(17)15(11)18/h2-7H,8H2,1H3. The number of rotatable bonds is 4. The van der Waals surface area contributed by atoms with Gasteiger partial charge in [-0.25, -0.2) is 4.39 Å². The van der Waals surface area contributed by atoms with Crippen LogP contribution in [0.2, 0.25) is 10.0 Å². The summed E-state index contributed by atoms with van der Waals surface area (Å²) < 4.78 is 19.0. The number of hydrogen-bond donors (Lipinski definition) is 0. The highest BCUT2D eigenvalue weighted by Crippen LogP contribution is 2.25. The van der Waals surface area contributed by atoms with Crippen LogP contribution >= 0.6 is 23.2 Å². The molecule has 0 N–H and O–H groups in total.